The van der Waals surface area contributed by atoms with E-state index < -0.39 is 0 Å². The molecule has 0 unspecified atom stereocenters. The van der Waals surface area contributed by atoms with Crippen molar-refractivity contribution in [1.29, 1.82) is 5.26 Å². The molecule has 0 spiro atoms. The van der Waals surface area contributed by atoms with Gasteiger partial charge in [-0.15, -0.1) is 22.7 Å². The van der Waals surface area contributed by atoms with Crippen molar-refractivity contribution in [3.8, 4) is 17.2 Å². The van der Waals surface area contributed by atoms with Crippen molar-refractivity contribution >= 4 is 33.6 Å². The van der Waals surface area contributed by atoms with E-state index in [9.17, 15) is 10.1 Å². The number of hydrogen-bond acceptors (Lipinski definition) is 4. The maximum absolute atomic E-state index is 12.9. The molecule has 2 heterocycles. The van der Waals surface area contributed by atoms with Crippen LogP contribution in [0.15, 0.2) is 41.8 Å². The number of fused-ring (bicyclic) bond motifs is 1. The Hall–Kier alpha value is -2.42. The minimum atomic E-state index is -0.137. The van der Waals surface area contributed by atoms with Crippen LogP contribution in [0.2, 0.25) is 0 Å². The molecule has 0 fully saturated rings. The summed E-state index contributed by atoms with van der Waals surface area (Å²) >= 11 is 3.00. The van der Waals surface area contributed by atoms with Crippen molar-refractivity contribution < 1.29 is 4.79 Å². The largest absolute Gasteiger partial charge is 0.312 e. The zero-order chi connectivity index (χ0) is 18.1. The van der Waals surface area contributed by atoms with E-state index in [4.69, 9.17) is 0 Å². The third-order valence-corrected chi connectivity index (χ3v) is 6.89. The monoisotopic (exact) mass is 378 g/mol. The molecule has 1 aromatic carbocycles. The highest BCUT2D eigenvalue weighted by Crippen LogP contribution is 2.40. The molecule has 2 aromatic heterocycles. The molecule has 0 saturated carbocycles. The second-order valence-corrected chi connectivity index (χ2v) is 8.67. The molecule has 3 nitrogen and oxygen atoms in total. The summed E-state index contributed by atoms with van der Waals surface area (Å²) in [6, 6.07) is 14.2. The van der Waals surface area contributed by atoms with Crippen LogP contribution in [0.25, 0.3) is 11.1 Å². The standard InChI is InChI=1S/C21H18N2OS2/c1-13-7-8-16-17(12-22)21(26-18(16)11-13)23-20(24)19-15(9-10-25-19)14-5-3-2-4-6-14/h2-6,9-10,13H,7-8,11H2,1H3,(H,23,24)/t13-/m1/s1. The summed E-state index contributed by atoms with van der Waals surface area (Å²) in [5.74, 6) is 0.500. The maximum atomic E-state index is 12.9. The lowest BCUT2D eigenvalue weighted by atomic mass is 9.88. The smallest absolute Gasteiger partial charge is 0.267 e. The Kier molecular flexibility index (Phi) is 4.62. The zero-order valence-electron chi connectivity index (χ0n) is 14.4. The number of carbonyl (C=O) groups is 1. The average Bonchev–Trinajstić information content (AvgIpc) is 3.26. The summed E-state index contributed by atoms with van der Waals surface area (Å²) in [5, 5.41) is 15.3. The number of thiophene rings is 2. The number of nitrogens with zero attached hydrogens (tertiary/aromatic N) is 1. The van der Waals surface area contributed by atoms with Gasteiger partial charge in [-0.3, -0.25) is 4.79 Å². The summed E-state index contributed by atoms with van der Waals surface area (Å²) in [6.45, 7) is 2.24. The lowest BCUT2D eigenvalue weighted by Gasteiger charge is -2.17. The van der Waals surface area contributed by atoms with Crippen LogP contribution in [0.5, 0.6) is 0 Å². The maximum Gasteiger partial charge on any atom is 0.267 e. The highest BCUT2D eigenvalue weighted by atomic mass is 32.1. The number of nitriles is 1. The molecule has 1 aliphatic rings. The summed E-state index contributed by atoms with van der Waals surface area (Å²) in [5.41, 5.74) is 3.75. The van der Waals surface area contributed by atoms with Gasteiger partial charge < -0.3 is 5.32 Å². The summed E-state index contributed by atoms with van der Waals surface area (Å²) in [7, 11) is 0. The molecule has 26 heavy (non-hydrogen) atoms. The molecule has 1 N–H and O–H groups in total. The van der Waals surface area contributed by atoms with Gasteiger partial charge in [0.05, 0.1) is 5.56 Å². The Morgan fingerprint density at radius 2 is 2.08 bits per heavy atom. The van der Waals surface area contributed by atoms with E-state index in [-0.39, 0.29) is 5.91 Å². The van der Waals surface area contributed by atoms with Gasteiger partial charge >= 0.3 is 0 Å². The van der Waals surface area contributed by atoms with Crippen molar-refractivity contribution in [3.63, 3.8) is 0 Å². The van der Waals surface area contributed by atoms with E-state index in [0.29, 0.717) is 21.4 Å². The number of nitrogens with one attached hydrogen (secondary N) is 1. The zero-order valence-corrected chi connectivity index (χ0v) is 16.0. The number of rotatable bonds is 3. The van der Waals surface area contributed by atoms with Gasteiger partial charge in [-0.1, -0.05) is 37.3 Å². The van der Waals surface area contributed by atoms with Crippen LogP contribution < -0.4 is 5.32 Å². The molecule has 0 radical (unpaired) electrons. The number of carbonyl (C=O) groups excluding carboxylic acids is 1. The number of benzene rings is 1. The third kappa shape index (κ3) is 3.07. The Morgan fingerprint density at radius 1 is 1.27 bits per heavy atom. The SMILES string of the molecule is C[C@@H]1CCc2c(sc(NC(=O)c3sccc3-c3ccccc3)c2C#N)C1. The average molecular weight is 379 g/mol. The van der Waals surface area contributed by atoms with Crippen LogP contribution in [0.1, 0.15) is 39.0 Å². The van der Waals surface area contributed by atoms with Gasteiger partial charge in [-0.2, -0.15) is 5.26 Å². The molecule has 3 aromatic rings. The minimum absolute atomic E-state index is 0.137. The first kappa shape index (κ1) is 17.0. The molecule has 4 rings (SSSR count). The molecular formula is C21H18N2OS2. The fourth-order valence-corrected chi connectivity index (χ4v) is 5.61. The predicted octanol–water partition coefficient (Wildman–Crippen LogP) is 5.73. The van der Waals surface area contributed by atoms with E-state index in [2.05, 4.69) is 18.3 Å². The van der Waals surface area contributed by atoms with Crippen molar-refractivity contribution in [2.45, 2.75) is 26.2 Å². The van der Waals surface area contributed by atoms with Gasteiger partial charge in [0.2, 0.25) is 0 Å². The molecule has 1 aliphatic carbocycles. The van der Waals surface area contributed by atoms with Gasteiger partial charge in [-0.05, 0) is 47.8 Å². The molecule has 0 saturated heterocycles. The highest BCUT2D eigenvalue weighted by Gasteiger charge is 2.25. The van der Waals surface area contributed by atoms with Gasteiger partial charge in [-0.25, -0.2) is 0 Å². The second kappa shape index (κ2) is 7.06. The van der Waals surface area contributed by atoms with E-state index in [1.54, 1.807) is 11.3 Å². The summed E-state index contributed by atoms with van der Waals surface area (Å²) < 4.78 is 0. The fourth-order valence-electron chi connectivity index (χ4n) is 3.45. The van der Waals surface area contributed by atoms with Crippen molar-refractivity contribution in [2.75, 3.05) is 5.32 Å². The Bertz CT molecular complexity index is 995. The molecule has 0 bridgehead atoms. The molecule has 1 amide bonds. The molecule has 5 heteroatoms. The second-order valence-electron chi connectivity index (χ2n) is 6.65. The molecule has 1 atom stereocenters. The Morgan fingerprint density at radius 3 is 2.85 bits per heavy atom. The van der Waals surface area contributed by atoms with Gasteiger partial charge in [0.15, 0.2) is 0 Å². The van der Waals surface area contributed by atoms with Crippen molar-refractivity contribution in [3.05, 3.63) is 62.7 Å². The lowest BCUT2D eigenvalue weighted by molar-refractivity contribution is 0.103. The number of anilines is 1. The quantitative estimate of drug-likeness (QED) is 0.633. The summed E-state index contributed by atoms with van der Waals surface area (Å²) in [6.07, 6.45) is 3.04. The topological polar surface area (TPSA) is 52.9 Å². The van der Waals surface area contributed by atoms with E-state index in [0.717, 1.165) is 36.0 Å². The summed E-state index contributed by atoms with van der Waals surface area (Å²) in [4.78, 5) is 14.8. The van der Waals surface area contributed by atoms with Gasteiger partial charge in [0.25, 0.3) is 5.91 Å². The van der Waals surface area contributed by atoms with Crippen LogP contribution in [-0.2, 0) is 12.8 Å². The molecule has 130 valence electrons. The van der Waals surface area contributed by atoms with Crippen LogP contribution in [-0.4, -0.2) is 5.91 Å². The minimum Gasteiger partial charge on any atom is -0.312 e. The van der Waals surface area contributed by atoms with Gasteiger partial charge in [0.1, 0.15) is 15.9 Å². The van der Waals surface area contributed by atoms with E-state index in [1.807, 2.05) is 41.8 Å². The molecular weight excluding hydrogens is 360 g/mol. The van der Waals surface area contributed by atoms with E-state index in [1.165, 1.54) is 16.2 Å². The fraction of sp³-hybridized carbons (Fsp3) is 0.238. The van der Waals surface area contributed by atoms with Crippen LogP contribution >= 0.6 is 22.7 Å². The van der Waals surface area contributed by atoms with Gasteiger partial charge in [0, 0.05) is 10.4 Å². The van der Waals surface area contributed by atoms with Crippen LogP contribution in [0.3, 0.4) is 0 Å². The Labute approximate surface area is 160 Å². The molecule has 0 aliphatic heterocycles. The highest BCUT2D eigenvalue weighted by molar-refractivity contribution is 7.17. The normalized spacial score (nSPS) is 15.9. The third-order valence-electron chi connectivity index (χ3n) is 4.81. The van der Waals surface area contributed by atoms with Crippen molar-refractivity contribution in [2.24, 2.45) is 5.92 Å². The first-order chi connectivity index (χ1) is 12.7. The van der Waals surface area contributed by atoms with Crippen LogP contribution in [0, 0.1) is 17.2 Å². The van der Waals surface area contributed by atoms with Crippen molar-refractivity contribution in [1.82, 2.24) is 0 Å². The van der Waals surface area contributed by atoms with Crippen LogP contribution in [0.4, 0.5) is 5.00 Å². The number of amides is 1. The lowest BCUT2D eigenvalue weighted by Crippen LogP contribution is -2.11. The first-order valence-electron chi connectivity index (χ1n) is 8.66. The first-order valence-corrected chi connectivity index (χ1v) is 10.4. The number of hydrogen-bond donors (Lipinski definition) is 1. The predicted molar refractivity (Wildman–Crippen MR) is 108 cm³/mol. The Balaban J connectivity index is 1.65. The van der Waals surface area contributed by atoms with E-state index >= 15 is 0 Å².